The van der Waals surface area contributed by atoms with Gasteiger partial charge in [0.05, 0.1) is 42.2 Å². The van der Waals surface area contributed by atoms with Crippen LogP contribution in [0.3, 0.4) is 0 Å². The fourth-order valence-corrected chi connectivity index (χ4v) is 4.82. The van der Waals surface area contributed by atoms with E-state index in [9.17, 15) is 14.4 Å². The number of carbonyl (C=O) groups excluding carboxylic acids is 3. The zero-order valence-corrected chi connectivity index (χ0v) is 20.4. The molecule has 0 atom stereocenters. The number of H-pyrrole nitrogens is 1. The summed E-state index contributed by atoms with van der Waals surface area (Å²) in [6, 6.07) is 5.54. The second-order valence-corrected chi connectivity index (χ2v) is 8.68. The maximum Gasteiger partial charge on any atom is 0.348 e. The molecule has 9 nitrogen and oxygen atoms in total. The zero-order chi connectivity index (χ0) is 24.0. The van der Waals surface area contributed by atoms with Gasteiger partial charge in [0.25, 0.3) is 0 Å². The van der Waals surface area contributed by atoms with Crippen molar-refractivity contribution in [3.05, 3.63) is 34.2 Å². The fourth-order valence-electron chi connectivity index (χ4n) is 3.03. The number of carbonyl (C=O) groups is 3. The van der Waals surface area contributed by atoms with Crippen LogP contribution in [-0.4, -0.2) is 53.4 Å². The van der Waals surface area contributed by atoms with Crippen LogP contribution in [0.5, 0.6) is 5.75 Å². The molecular weight excluding hydrogens is 466 g/mol. The summed E-state index contributed by atoms with van der Waals surface area (Å²) >= 11 is 2.21. The summed E-state index contributed by atoms with van der Waals surface area (Å²) in [4.78, 5) is 45.2. The van der Waals surface area contributed by atoms with Crippen molar-refractivity contribution in [2.75, 3.05) is 30.9 Å². The van der Waals surface area contributed by atoms with Crippen molar-refractivity contribution < 1.29 is 28.6 Å². The van der Waals surface area contributed by atoms with Crippen molar-refractivity contribution in [1.82, 2.24) is 9.97 Å². The van der Waals surface area contributed by atoms with E-state index in [1.54, 1.807) is 20.8 Å². The summed E-state index contributed by atoms with van der Waals surface area (Å²) in [6.07, 6.45) is 0. The molecule has 0 unspecified atom stereocenters. The summed E-state index contributed by atoms with van der Waals surface area (Å²) in [7, 11) is 0. The van der Waals surface area contributed by atoms with Gasteiger partial charge in [0.15, 0.2) is 5.16 Å². The number of aromatic nitrogens is 2. The summed E-state index contributed by atoms with van der Waals surface area (Å²) in [5.41, 5.74) is 2.15. The van der Waals surface area contributed by atoms with E-state index in [-0.39, 0.29) is 40.3 Å². The van der Waals surface area contributed by atoms with Crippen LogP contribution >= 0.6 is 23.1 Å². The molecule has 2 aromatic heterocycles. The molecule has 176 valence electrons. The average molecular weight is 492 g/mol. The highest BCUT2D eigenvalue weighted by atomic mass is 32.2. The summed E-state index contributed by atoms with van der Waals surface area (Å²) in [5, 5.41) is 3.56. The maximum absolute atomic E-state index is 12.6. The molecule has 0 fully saturated rings. The van der Waals surface area contributed by atoms with Gasteiger partial charge in [-0.15, -0.1) is 11.3 Å². The van der Waals surface area contributed by atoms with Crippen LogP contribution in [-0.2, 0) is 14.3 Å². The fraction of sp³-hybridized carbons (Fsp3) is 0.364. The quantitative estimate of drug-likeness (QED) is 0.316. The van der Waals surface area contributed by atoms with E-state index in [4.69, 9.17) is 14.2 Å². The molecule has 0 radical (unpaired) electrons. The highest BCUT2D eigenvalue weighted by molar-refractivity contribution is 7.99. The number of imidazole rings is 1. The molecule has 1 aromatic carbocycles. The predicted molar refractivity (Wildman–Crippen MR) is 128 cm³/mol. The van der Waals surface area contributed by atoms with Gasteiger partial charge in [0.1, 0.15) is 15.6 Å². The van der Waals surface area contributed by atoms with Gasteiger partial charge >= 0.3 is 11.9 Å². The minimum Gasteiger partial charge on any atom is -0.494 e. The first-order valence-electron chi connectivity index (χ1n) is 10.4. The Morgan fingerprint density at radius 3 is 2.52 bits per heavy atom. The van der Waals surface area contributed by atoms with Crippen LogP contribution in [0, 0.1) is 6.92 Å². The average Bonchev–Trinajstić information content (AvgIpc) is 3.33. The van der Waals surface area contributed by atoms with E-state index < -0.39 is 11.9 Å². The Labute approximate surface area is 199 Å². The highest BCUT2D eigenvalue weighted by Crippen LogP contribution is 2.34. The number of rotatable bonds is 10. The van der Waals surface area contributed by atoms with E-state index in [1.165, 1.54) is 11.8 Å². The number of hydrogen-bond acceptors (Lipinski definition) is 9. The van der Waals surface area contributed by atoms with Crippen LogP contribution in [0.4, 0.5) is 5.00 Å². The number of aromatic amines is 1. The lowest BCUT2D eigenvalue weighted by Crippen LogP contribution is -2.16. The molecule has 0 aliphatic rings. The Bertz CT molecular complexity index is 1170. The van der Waals surface area contributed by atoms with E-state index >= 15 is 0 Å². The Morgan fingerprint density at radius 2 is 1.82 bits per heavy atom. The molecule has 33 heavy (non-hydrogen) atoms. The summed E-state index contributed by atoms with van der Waals surface area (Å²) < 4.78 is 15.7. The van der Waals surface area contributed by atoms with Crippen molar-refractivity contribution in [3.8, 4) is 5.75 Å². The number of benzene rings is 1. The minimum atomic E-state index is -0.605. The second-order valence-electron chi connectivity index (χ2n) is 6.69. The zero-order valence-electron chi connectivity index (χ0n) is 18.8. The van der Waals surface area contributed by atoms with Crippen LogP contribution in [0.1, 0.15) is 46.4 Å². The van der Waals surface area contributed by atoms with E-state index in [2.05, 4.69) is 15.3 Å². The van der Waals surface area contributed by atoms with Gasteiger partial charge in [0.2, 0.25) is 5.91 Å². The van der Waals surface area contributed by atoms with Crippen molar-refractivity contribution in [3.63, 3.8) is 0 Å². The minimum absolute atomic E-state index is 0.0477. The Kier molecular flexibility index (Phi) is 8.34. The molecule has 2 heterocycles. The molecular formula is C22H25N3O6S2. The second kappa shape index (κ2) is 11.2. The third-order valence-corrected chi connectivity index (χ3v) is 6.48. The largest absolute Gasteiger partial charge is 0.494 e. The molecule has 0 spiro atoms. The van der Waals surface area contributed by atoms with Gasteiger partial charge in [-0.3, -0.25) is 4.79 Å². The molecule has 0 saturated heterocycles. The van der Waals surface area contributed by atoms with Crippen molar-refractivity contribution in [2.45, 2.75) is 32.9 Å². The summed E-state index contributed by atoms with van der Waals surface area (Å²) in [5.74, 6) is -0.717. The molecule has 1 amide bonds. The summed E-state index contributed by atoms with van der Waals surface area (Å²) in [6.45, 7) is 7.86. The Morgan fingerprint density at radius 1 is 1.09 bits per heavy atom. The van der Waals surface area contributed by atoms with Gasteiger partial charge in [-0.2, -0.15) is 0 Å². The monoisotopic (exact) mass is 491 g/mol. The number of thiophene rings is 1. The number of hydrogen-bond donors (Lipinski definition) is 2. The van der Waals surface area contributed by atoms with Crippen LogP contribution in [0.15, 0.2) is 23.4 Å². The third kappa shape index (κ3) is 5.85. The first-order valence-corrected chi connectivity index (χ1v) is 12.2. The van der Waals surface area contributed by atoms with Crippen LogP contribution in [0.25, 0.3) is 11.0 Å². The Balaban J connectivity index is 1.73. The lowest BCUT2D eigenvalue weighted by molar-refractivity contribution is -0.113. The number of anilines is 1. The first-order chi connectivity index (χ1) is 15.9. The predicted octanol–water partition coefficient (Wildman–Crippen LogP) is 4.42. The lowest BCUT2D eigenvalue weighted by Gasteiger charge is -2.06. The number of fused-ring (bicyclic) bond motifs is 1. The highest BCUT2D eigenvalue weighted by Gasteiger charge is 2.27. The first kappa shape index (κ1) is 24.6. The Hall–Kier alpha value is -3.05. The van der Waals surface area contributed by atoms with E-state index in [1.807, 2.05) is 25.1 Å². The molecule has 0 aliphatic heterocycles. The molecule has 3 rings (SSSR count). The van der Waals surface area contributed by atoms with Gasteiger partial charge in [-0.1, -0.05) is 11.8 Å². The molecule has 0 bridgehead atoms. The topological polar surface area (TPSA) is 120 Å². The van der Waals surface area contributed by atoms with Crippen molar-refractivity contribution in [1.29, 1.82) is 0 Å². The van der Waals surface area contributed by atoms with Crippen molar-refractivity contribution in [2.24, 2.45) is 0 Å². The lowest BCUT2D eigenvalue weighted by atomic mass is 10.1. The van der Waals surface area contributed by atoms with Gasteiger partial charge in [-0.25, -0.2) is 14.6 Å². The van der Waals surface area contributed by atoms with E-state index in [0.29, 0.717) is 17.3 Å². The molecule has 2 N–H and O–H groups in total. The standard InChI is InChI=1S/C22H25N3O6S2/c1-5-29-13-8-9-14-15(10-13)24-22(23-14)32-11-16(26)25-19-17(20(27)30-6-2)12(4)18(33-19)21(28)31-7-3/h8-10H,5-7,11H2,1-4H3,(H,23,24)(H,25,26). The number of ether oxygens (including phenoxy) is 3. The molecule has 0 saturated carbocycles. The van der Waals surface area contributed by atoms with Gasteiger partial charge < -0.3 is 24.5 Å². The van der Waals surface area contributed by atoms with Gasteiger partial charge in [-0.05, 0) is 45.4 Å². The number of esters is 2. The molecule has 3 aromatic rings. The maximum atomic E-state index is 12.6. The SMILES string of the molecule is CCOC(=O)c1sc(NC(=O)CSc2nc3ccc(OCC)cc3[nH]2)c(C(=O)OCC)c1C. The van der Waals surface area contributed by atoms with Crippen molar-refractivity contribution >= 4 is 57.0 Å². The van der Waals surface area contributed by atoms with Crippen LogP contribution in [0.2, 0.25) is 0 Å². The molecule has 11 heteroatoms. The number of nitrogens with one attached hydrogen (secondary N) is 2. The third-order valence-electron chi connectivity index (χ3n) is 4.42. The number of nitrogens with zero attached hydrogens (tertiary/aromatic N) is 1. The van der Waals surface area contributed by atoms with Crippen LogP contribution < -0.4 is 10.1 Å². The smallest absolute Gasteiger partial charge is 0.348 e. The molecule has 0 aliphatic carbocycles. The van der Waals surface area contributed by atoms with E-state index in [0.717, 1.165) is 28.1 Å². The number of amides is 1. The number of thioether (sulfide) groups is 1. The van der Waals surface area contributed by atoms with Gasteiger partial charge in [0, 0.05) is 6.07 Å². The normalized spacial score (nSPS) is 10.8.